The first kappa shape index (κ1) is 19.6. The third-order valence-electron chi connectivity index (χ3n) is 6.82. The zero-order chi connectivity index (χ0) is 18.7. The number of methoxy groups -OCH3 is 1. The summed E-state index contributed by atoms with van der Waals surface area (Å²) >= 11 is 0. The lowest BCUT2D eigenvalue weighted by atomic mass is 9.68. The fourth-order valence-corrected chi connectivity index (χ4v) is 5.35. The van der Waals surface area contributed by atoms with Crippen molar-refractivity contribution in [2.24, 2.45) is 17.8 Å². The number of halogens is 3. The summed E-state index contributed by atoms with van der Waals surface area (Å²) in [5, 5.41) is 0. The molecule has 1 aromatic rings. The van der Waals surface area contributed by atoms with Crippen molar-refractivity contribution in [2.75, 3.05) is 7.11 Å². The van der Waals surface area contributed by atoms with Gasteiger partial charge in [-0.05, 0) is 62.2 Å². The standard InChI is InChI=1S/C22H31F3O/c1-3-4-14-5-7-15(8-6-14)16-9-11-17(12-10-16)20-18(23)13-19(26-2)21(24)22(20)25/h13-17H,3-12H2,1-2H3. The Morgan fingerprint density at radius 3 is 2.00 bits per heavy atom. The molecule has 0 aliphatic heterocycles. The smallest absolute Gasteiger partial charge is 0.201 e. The topological polar surface area (TPSA) is 9.23 Å². The van der Waals surface area contributed by atoms with Crippen LogP contribution in [0.3, 0.4) is 0 Å². The number of hydrogen-bond acceptors (Lipinski definition) is 1. The third kappa shape index (κ3) is 4.04. The fourth-order valence-electron chi connectivity index (χ4n) is 5.35. The number of ether oxygens (including phenoxy) is 1. The molecule has 0 heterocycles. The SMILES string of the molecule is CCCC1CCC(C2CCC(c3c(F)cc(OC)c(F)c3F)CC2)CC1. The summed E-state index contributed by atoms with van der Waals surface area (Å²) in [4.78, 5) is 0. The van der Waals surface area contributed by atoms with Gasteiger partial charge in [0.2, 0.25) is 5.82 Å². The van der Waals surface area contributed by atoms with E-state index < -0.39 is 17.5 Å². The molecule has 0 N–H and O–H groups in total. The van der Waals surface area contributed by atoms with Gasteiger partial charge < -0.3 is 4.74 Å². The summed E-state index contributed by atoms with van der Waals surface area (Å²) in [6, 6.07) is 0.981. The minimum absolute atomic E-state index is 0.0756. The van der Waals surface area contributed by atoms with E-state index in [9.17, 15) is 13.2 Å². The first-order chi connectivity index (χ1) is 12.5. The largest absolute Gasteiger partial charge is 0.493 e. The molecule has 0 amide bonds. The summed E-state index contributed by atoms with van der Waals surface area (Å²) in [6.45, 7) is 2.26. The third-order valence-corrected chi connectivity index (χ3v) is 6.82. The van der Waals surface area contributed by atoms with Crippen molar-refractivity contribution in [3.05, 3.63) is 29.1 Å². The van der Waals surface area contributed by atoms with E-state index in [-0.39, 0.29) is 17.2 Å². The van der Waals surface area contributed by atoms with Gasteiger partial charge in [-0.3, -0.25) is 0 Å². The first-order valence-corrected chi connectivity index (χ1v) is 10.3. The van der Waals surface area contributed by atoms with E-state index in [1.165, 1.54) is 45.6 Å². The van der Waals surface area contributed by atoms with Gasteiger partial charge in [-0.25, -0.2) is 8.78 Å². The normalized spacial score (nSPS) is 29.6. The van der Waals surface area contributed by atoms with Crippen molar-refractivity contribution in [3.63, 3.8) is 0 Å². The highest BCUT2D eigenvalue weighted by atomic mass is 19.2. The molecule has 0 spiro atoms. The highest BCUT2D eigenvalue weighted by Crippen LogP contribution is 2.45. The summed E-state index contributed by atoms with van der Waals surface area (Å²) in [5.41, 5.74) is -0.0756. The second kappa shape index (κ2) is 8.67. The number of rotatable bonds is 5. The van der Waals surface area contributed by atoms with Crippen molar-refractivity contribution in [3.8, 4) is 5.75 Å². The fraction of sp³-hybridized carbons (Fsp3) is 0.727. The molecule has 0 aromatic heterocycles. The Morgan fingerprint density at radius 1 is 0.885 bits per heavy atom. The maximum absolute atomic E-state index is 14.4. The number of hydrogen-bond donors (Lipinski definition) is 0. The van der Waals surface area contributed by atoms with Crippen LogP contribution in [0.15, 0.2) is 6.07 Å². The Labute approximate surface area is 155 Å². The van der Waals surface area contributed by atoms with Gasteiger partial charge in [-0.2, -0.15) is 4.39 Å². The zero-order valence-corrected chi connectivity index (χ0v) is 16.0. The van der Waals surface area contributed by atoms with Crippen LogP contribution >= 0.6 is 0 Å². The van der Waals surface area contributed by atoms with E-state index in [1.807, 2.05) is 0 Å². The lowest BCUT2D eigenvalue weighted by Gasteiger charge is -2.38. The van der Waals surface area contributed by atoms with Crippen LogP contribution in [-0.4, -0.2) is 7.11 Å². The predicted molar refractivity (Wildman–Crippen MR) is 97.9 cm³/mol. The Bertz CT molecular complexity index is 600. The summed E-state index contributed by atoms with van der Waals surface area (Å²) < 4.78 is 47.4. The summed E-state index contributed by atoms with van der Waals surface area (Å²) in [6.07, 6.45) is 11.4. The Morgan fingerprint density at radius 2 is 1.46 bits per heavy atom. The molecule has 4 heteroatoms. The Hall–Kier alpha value is -1.19. The average molecular weight is 368 g/mol. The highest BCUT2D eigenvalue weighted by Gasteiger charge is 2.34. The van der Waals surface area contributed by atoms with Crippen LogP contribution < -0.4 is 4.74 Å². The minimum atomic E-state index is -1.07. The van der Waals surface area contributed by atoms with E-state index in [4.69, 9.17) is 4.74 Å². The van der Waals surface area contributed by atoms with E-state index in [0.29, 0.717) is 5.92 Å². The van der Waals surface area contributed by atoms with Crippen molar-refractivity contribution < 1.29 is 17.9 Å². The maximum atomic E-state index is 14.4. The lowest BCUT2D eigenvalue weighted by Crippen LogP contribution is -2.26. The van der Waals surface area contributed by atoms with Crippen LogP contribution in [0.1, 0.15) is 82.6 Å². The molecule has 1 nitrogen and oxygen atoms in total. The monoisotopic (exact) mass is 368 g/mol. The van der Waals surface area contributed by atoms with Crippen molar-refractivity contribution in [2.45, 2.75) is 77.0 Å². The average Bonchev–Trinajstić information content (AvgIpc) is 2.66. The molecule has 0 atom stereocenters. The van der Waals surface area contributed by atoms with Gasteiger partial charge in [0.25, 0.3) is 0 Å². The maximum Gasteiger partial charge on any atom is 0.201 e. The predicted octanol–water partition coefficient (Wildman–Crippen LogP) is 6.99. The molecule has 0 bridgehead atoms. The van der Waals surface area contributed by atoms with Gasteiger partial charge >= 0.3 is 0 Å². The van der Waals surface area contributed by atoms with Crippen LogP contribution in [0.5, 0.6) is 5.75 Å². The molecule has 0 saturated heterocycles. The molecule has 1 aromatic carbocycles. The molecule has 0 unspecified atom stereocenters. The Balaban J connectivity index is 1.60. The van der Waals surface area contributed by atoms with Gasteiger partial charge in [-0.1, -0.05) is 32.6 Å². The van der Waals surface area contributed by atoms with Gasteiger partial charge in [0.05, 0.1) is 7.11 Å². The molecule has 2 fully saturated rings. The van der Waals surface area contributed by atoms with E-state index >= 15 is 0 Å². The van der Waals surface area contributed by atoms with Crippen LogP contribution in [0.2, 0.25) is 0 Å². The summed E-state index contributed by atoms with van der Waals surface area (Å²) in [7, 11) is 1.22. The minimum Gasteiger partial charge on any atom is -0.493 e. The first-order valence-electron chi connectivity index (χ1n) is 10.3. The summed E-state index contributed by atoms with van der Waals surface area (Å²) in [5.74, 6) is -1.05. The van der Waals surface area contributed by atoms with Gasteiger partial charge in [0.15, 0.2) is 11.6 Å². The molecule has 2 aliphatic carbocycles. The van der Waals surface area contributed by atoms with E-state index in [0.717, 1.165) is 43.6 Å². The molecule has 2 saturated carbocycles. The molecule has 0 radical (unpaired) electrons. The van der Waals surface area contributed by atoms with Crippen LogP contribution in [0.4, 0.5) is 13.2 Å². The van der Waals surface area contributed by atoms with Crippen LogP contribution in [-0.2, 0) is 0 Å². The molecular formula is C22H31F3O. The van der Waals surface area contributed by atoms with Crippen LogP contribution in [0, 0.1) is 35.2 Å². The van der Waals surface area contributed by atoms with Gasteiger partial charge in [-0.15, -0.1) is 0 Å². The lowest BCUT2D eigenvalue weighted by molar-refractivity contribution is 0.155. The van der Waals surface area contributed by atoms with E-state index in [1.54, 1.807) is 0 Å². The van der Waals surface area contributed by atoms with Crippen LogP contribution in [0.25, 0.3) is 0 Å². The zero-order valence-electron chi connectivity index (χ0n) is 16.0. The molecule has 2 aliphatic rings. The van der Waals surface area contributed by atoms with Gasteiger partial charge in [0.1, 0.15) is 5.82 Å². The molecule has 26 heavy (non-hydrogen) atoms. The number of benzene rings is 1. The highest BCUT2D eigenvalue weighted by molar-refractivity contribution is 5.34. The second-order valence-electron chi connectivity index (χ2n) is 8.28. The Kier molecular flexibility index (Phi) is 6.52. The van der Waals surface area contributed by atoms with Gasteiger partial charge in [0, 0.05) is 11.6 Å². The van der Waals surface area contributed by atoms with Crippen molar-refractivity contribution >= 4 is 0 Å². The quantitative estimate of drug-likeness (QED) is 0.509. The molecule has 3 rings (SSSR count). The molecule has 146 valence electrons. The second-order valence-corrected chi connectivity index (χ2v) is 8.28. The van der Waals surface area contributed by atoms with Crippen molar-refractivity contribution in [1.82, 2.24) is 0 Å². The van der Waals surface area contributed by atoms with E-state index in [2.05, 4.69) is 6.92 Å². The van der Waals surface area contributed by atoms with Crippen molar-refractivity contribution in [1.29, 1.82) is 0 Å². The molecular weight excluding hydrogens is 337 g/mol.